The van der Waals surface area contributed by atoms with Crippen LogP contribution in [0.2, 0.25) is 0 Å². The van der Waals surface area contributed by atoms with Gasteiger partial charge in [-0.25, -0.2) is 13.1 Å². The molecule has 0 unspecified atom stereocenters. The lowest BCUT2D eigenvalue weighted by Gasteiger charge is -2.20. The number of rotatable bonds is 10. The summed E-state index contributed by atoms with van der Waals surface area (Å²) in [5.41, 5.74) is 1.01. The molecule has 3 N–H and O–H groups in total. The first kappa shape index (κ1) is 22.3. The molecule has 1 fully saturated rings. The lowest BCUT2D eigenvalue weighted by molar-refractivity contribution is 0.198. The van der Waals surface area contributed by atoms with Crippen molar-refractivity contribution in [2.75, 3.05) is 33.5 Å². The maximum absolute atomic E-state index is 11.1. The minimum absolute atomic E-state index is 0.245. The number of aliphatic imine (C=N–C) groups is 1. The van der Waals surface area contributed by atoms with E-state index in [-0.39, 0.29) is 6.10 Å². The number of nitrogens with zero attached hydrogens (tertiary/aromatic N) is 1. The monoisotopic (exact) mass is 412 g/mol. The van der Waals surface area contributed by atoms with Gasteiger partial charge in [0.05, 0.1) is 19.5 Å². The van der Waals surface area contributed by atoms with E-state index in [2.05, 4.69) is 20.3 Å². The Bertz CT molecular complexity index is 746. The Balaban J connectivity index is 1.89. The van der Waals surface area contributed by atoms with Crippen LogP contribution < -0.4 is 24.8 Å². The average Bonchev–Trinajstić information content (AvgIpc) is 3.17. The van der Waals surface area contributed by atoms with E-state index in [0.717, 1.165) is 36.2 Å². The molecule has 0 bridgehead atoms. The summed E-state index contributed by atoms with van der Waals surface area (Å²) in [6.45, 7) is 1.53. The van der Waals surface area contributed by atoms with Gasteiger partial charge in [0.25, 0.3) is 0 Å². The number of hydrogen-bond donors (Lipinski definition) is 3. The molecule has 0 atom stereocenters. The molecule has 158 valence electrons. The molecule has 0 radical (unpaired) electrons. The van der Waals surface area contributed by atoms with Crippen molar-refractivity contribution in [2.24, 2.45) is 4.99 Å². The summed E-state index contributed by atoms with van der Waals surface area (Å²) in [6.07, 6.45) is 6.63. The molecule has 0 saturated heterocycles. The Labute approximate surface area is 168 Å². The highest BCUT2D eigenvalue weighted by atomic mass is 32.2. The van der Waals surface area contributed by atoms with Crippen LogP contribution >= 0.6 is 0 Å². The zero-order valence-corrected chi connectivity index (χ0v) is 17.8. The van der Waals surface area contributed by atoms with Crippen LogP contribution in [0.5, 0.6) is 11.5 Å². The molecular weight excluding hydrogens is 380 g/mol. The second-order valence-electron chi connectivity index (χ2n) is 6.85. The highest BCUT2D eigenvalue weighted by molar-refractivity contribution is 7.88. The second-order valence-corrected chi connectivity index (χ2v) is 8.68. The number of nitrogens with one attached hydrogen (secondary N) is 3. The predicted molar refractivity (Wildman–Crippen MR) is 112 cm³/mol. The fourth-order valence-corrected chi connectivity index (χ4v) is 3.64. The molecule has 1 aliphatic carbocycles. The SMILES string of the molecule is CN=C(NCCCNS(C)(=O)=O)NCc1cccc(OC)c1OC1CCCC1. The van der Waals surface area contributed by atoms with Gasteiger partial charge in [-0.2, -0.15) is 0 Å². The molecule has 28 heavy (non-hydrogen) atoms. The second kappa shape index (κ2) is 11.1. The Hall–Kier alpha value is -2.00. The van der Waals surface area contributed by atoms with E-state index in [1.165, 1.54) is 12.8 Å². The number of methoxy groups -OCH3 is 1. The fraction of sp³-hybridized carbons (Fsp3) is 0.632. The molecule has 1 aliphatic rings. The van der Waals surface area contributed by atoms with Gasteiger partial charge in [-0.15, -0.1) is 0 Å². The van der Waals surface area contributed by atoms with Gasteiger partial charge in [0.15, 0.2) is 17.5 Å². The van der Waals surface area contributed by atoms with Gasteiger partial charge in [0.2, 0.25) is 10.0 Å². The Morgan fingerprint density at radius 2 is 1.96 bits per heavy atom. The van der Waals surface area contributed by atoms with Crippen molar-refractivity contribution >= 4 is 16.0 Å². The first-order chi connectivity index (χ1) is 13.4. The summed E-state index contributed by atoms with van der Waals surface area (Å²) >= 11 is 0. The van der Waals surface area contributed by atoms with Gasteiger partial charge in [-0.3, -0.25) is 4.99 Å². The quantitative estimate of drug-likeness (QED) is 0.307. The number of guanidine groups is 1. The van der Waals surface area contributed by atoms with Crippen molar-refractivity contribution in [1.29, 1.82) is 0 Å². The van der Waals surface area contributed by atoms with Crippen LogP contribution in [0.1, 0.15) is 37.7 Å². The number of hydrogen-bond acceptors (Lipinski definition) is 5. The molecular formula is C19H32N4O4S. The standard InChI is InChI=1S/C19H32N4O4S/c1-20-19(21-12-7-13-23-28(3,24)25)22-14-15-8-6-11-17(26-2)18(15)27-16-9-4-5-10-16/h6,8,11,16,23H,4-5,7,9-10,12-14H2,1-3H3,(H2,20,21,22). The number of sulfonamides is 1. The highest BCUT2D eigenvalue weighted by Crippen LogP contribution is 2.34. The number of ether oxygens (including phenoxy) is 2. The smallest absolute Gasteiger partial charge is 0.208 e. The van der Waals surface area contributed by atoms with Crippen molar-refractivity contribution in [1.82, 2.24) is 15.4 Å². The lowest BCUT2D eigenvalue weighted by Crippen LogP contribution is -2.38. The van der Waals surface area contributed by atoms with Crippen LogP contribution in [0.25, 0.3) is 0 Å². The molecule has 9 heteroatoms. The topological polar surface area (TPSA) is 101 Å². The molecule has 0 aromatic heterocycles. The summed E-state index contributed by atoms with van der Waals surface area (Å²) in [5.74, 6) is 2.17. The van der Waals surface area contributed by atoms with E-state index in [4.69, 9.17) is 9.47 Å². The van der Waals surface area contributed by atoms with Gasteiger partial charge in [0.1, 0.15) is 0 Å². The minimum Gasteiger partial charge on any atom is -0.493 e. The Morgan fingerprint density at radius 1 is 1.21 bits per heavy atom. The fourth-order valence-electron chi connectivity index (χ4n) is 3.12. The van der Waals surface area contributed by atoms with Crippen molar-refractivity contribution in [2.45, 2.75) is 44.8 Å². The summed E-state index contributed by atoms with van der Waals surface area (Å²) in [7, 11) is 0.204. The Kier molecular flexibility index (Phi) is 8.85. The van der Waals surface area contributed by atoms with Crippen LogP contribution in [0, 0.1) is 0 Å². The first-order valence-electron chi connectivity index (χ1n) is 9.64. The largest absolute Gasteiger partial charge is 0.493 e. The molecule has 0 heterocycles. The molecule has 0 amide bonds. The predicted octanol–water partition coefficient (Wildman–Crippen LogP) is 1.62. The van der Waals surface area contributed by atoms with Crippen LogP contribution in [-0.4, -0.2) is 54.0 Å². The van der Waals surface area contributed by atoms with Crippen molar-refractivity contribution in [3.63, 3.8) is 0 Å². The van der Waals surface area contributed by atoms with Gasteiger partial charge in [-0.1, -0.05) is 12.1 Å². The third-order valence-electron chi connectivity index (χ3n) is 4.55. The molecule has 1 saturated carbocycles. The molecule has 1 aromatic carbocycles. The van der Waals surface area contributed by atoms with Crippen molar-refractivity contribution in [3.05, 3.63) is 23.8 Å². The summed E-state index contributed by atoms with van der Waals surface area (Å²) in [6, 6.07) is 5.88. The molecule has 0 spiro atoms. The normalized spacial score (nSPS) is 15.5. The van der Waals surface area contributed by atoms with Crippen LogP contribution in [-0.2, 0) is 16.6 Å². The lowest BCUT2D eigenvalue weighted by atomic mass is 10.1. The van der Waals surface area contributed by atoms with Crippen LogP contribution in [0.15, 0.2) is 23.2 Å². The summed E-state index contributed by atoms with van der Waals surface area (Å²) in [5, 5.41) is 6.45. The third-order valence-corrected chi connectivity index (χ3v) is 5.28. The average molecular weight is 413 g/mol. The maximum atomic E-state index is 11.1. The van der Waals surface area contributed by atoms with E-state index >= 15 is 0 Å². The number of benzene rings is 1. The zero-order valence-electron chi connectivity index (χ0n) is 17.0. The van der Waals surface area contributed by atoms with Gasteiger partial charge < -0.3 is 20.1 Å². The van der Waals surface area contributed by atoms with E-state index in [0.29, 0.717) is 32.0 Å². The number of para-hydroxylation sites is 1. The van der Waals surface area contributed by atoms with Gasteiger partial charge in [-0.05, 0) is 38.2 Å². The molecule has 0 aliphatic heterocycles. The third kappa shape index (κ3) is 7.55. The van der Waals surface area contributed by atoms with Gasteiger partial charge >= 0.3 is 0 Å². The maximum Gasteiger partial charge on any atom is 0.208 e. The van der Waals surface area contributed by atoms with Crippen molar-refractivity contribution < 1.29 is 17.9 Å². The van der Waals surface area contributed by atoms with E-state index < -0.39 is 10.0 Å². The minimum atomic E-state index is -3.15. The van der Waals surface area contributed by atoms with Crippen molar-refractivity contribution in [3.8, 4) is 11.5 Å². The summed E-state index contributed by atoms with van der Waals surface area (Å²) in [4.78, 5) is 4.21. The zero-order chi connectivity index (χ0) is 20.4. The van der Waals surface area contributed by atoms with E-state index in [1.54, 1.807) is 14.2 Å². The first-order valence-corrected chi connectivity index (χ1v) is 11.5. The van der Waals surface area contributed by atoms with Crippen LogP contribution in [0.3, 0.4) is 0 Å². The summed E-state index contributed by atoms with van der Waals surface area (Å²) < 4.78 is 36.3. The van der Waals surface area contributed by atoms with Gasteiger partial charge in [0, 0.05) is 32.2 Å². The molecule has 1 aromatic rings. The van der Waals surface area contributed by atoms with Crippen LogP contribution in [0.4, 0.5) is 0 Å². The molecule has 2 rings (SSSR count). The van der Waals surface area contributed by atoms with E-state index in [1.807, 2.05) is 18.2 Å². The highest BCUT2D eigenvalue weighted by Gasteiger charge is 2.20. The van der Waals surface area contributed by atoms with E-state index in [9.17, 15) is 8.42 Å². The molecule has 8 nitrogen and oxygen atoms in total. The Morgan fingerprint density at radius 3 is 2.61 bits per heavy atom.